The Kier molecular flexibility index (Phi) is 4.61. The number of thiophene rings is 1. The summed E-state index contributed by atoms with van der Waals surface area (Å²) in [5.41, 5.74) is 1.25. The first-order valence-corrected chi connectivity index (χ1v) is 9.32. The van der Waals surface area contributed by atoms with Crippen LogP contribution in [-0.2, 0) is 17.6 Å². The van der Waals surface area contributed by atoms with E-state index in [0.29, 0.717) is 31.1 Å². The molecule has 1 saturated heterocycles. The number of aromatic nitrogens is 2. The molecule has 4 rings (SSSR count). The van der Waals surface area contributed by atoms with Gasteiger partial charge in [-0.2, -0.15) is 4.98 Å². The Morgan fingerprint density at radius 2 is 2.08 bits per heavy atom. The summed E-state index contributed by atoms with van der Waals surface area (Å²) in [5.74, 6) is 1.48. The minimum absolute atomic E-state index is 0.0316. The van der Waals surface area contributed by atoms with E-state index in [1.54, 1.807) is 11.3 Å². The van der Waals surface area contributed by atoms with Crippen LogP contribution in [0.25, 0.3) is 0 Å². The highest BCUT2D eigenvalue weighted by Gasteiger charge is 2.33. The summed E-state index contributed by atoms with van der Waals surface area (Å²) in [6, 6.07) is 14.3. The second kappa shape index (κ2) is 7.19. The molecule has 6 heteroatoms. The normalized spacial score (nSPS) is 17.4. The lowest BCUT2D eigenvalue weighted by Crippen LogP contribution is -2.27. The van der Waals surface area contributed by atoms with E-state index in [9.17, 15) is 4.79 Å². The molecule has 0 bridgehead atoms. The number of rotatable bonds is 6. The highest BCUT2D eigenvalue weighted by molar-refractivity contribution is 7.09. The number of nitrogens with zero attached hydrogens (tertiary/aromatic N) is 3. The van der Waals surface area contributed by atoms with Crippen LogP contribution in [0.2, 0.25) is 0 Å². The van der Waals surface area contributed by atoms with Crippen molar-refractivity contribution >= 4 is 17.2 Å². The zero-order valence-corrected chi connectivity index (χ0v) is 14.6. The Balaban J connectivity index is 1.36. The van der Waals surface area contributed by atoms with Crippen molar-refractivity contribution in [3.05, 3.63) is 70.0 Å². The van der Waals surface area contributed by atoms with Gasteiger partial charge in [-0.25, -0.2) is 0 Å². The van der Waals surface area contributed by atoms with Crippen molar-refractivity contribution in [2.45, 2.75) is 25.2 Å². The average Bonchev–Trinajstić information content (AvgIpc) is 3.36. The lowest BCUT2D eigenvalue weighted by atomic mass is 10.1. The van der Waals surface area contributed by atoms with Gasteiger partial charge in [-0.1, -0.05) is 41.6 Å². The predicted molar refractivity (Wildman–Crippen MR) is 95.5 cm³/mol. The second-order valence-corrected chi connectivity index (χ2v) is 7.31. The lowest BCUT2D eigenvalue weighted by Gasteiger charge is -2.15. The molecule has 1 unspecified atom stereocenters. The minimum atomic E-state index is 0.0316. The molecule has 1 aromatic carbocycles. The summed E-state index contributed by atoms with van der Waals surface area (Å²) in [7, 11) is 0. The van der Waals surface area contributed by atoms with Crippen LogP contribution >= 0.6 is 11.3 Å². The quantitative estimate of drug-likeness (QED) is 0.682. The summed E-state index contributed by atoms with van der Waals surface area (Å²) in [6.45, 7) is 1.41. The van der Waals surface area contributed by atoms with Crippen molar-refractivity contribution in [2.75, 3.05) is 13.1 Å². The molecular formula is C19H19N3O2S. The number of carbonyl (C=O) groups excluding carboxylic acids is 1. The molecule has 0 radical (unpaired) electrons. The van der Waals surface area contributed by atoms with Crippen LogP contribution in [0.15, 0.2) is 52.4 Å². The van der Waals surface area contributed by atoms with Crippen molar-refractivity contribution in [3.8, 4) is 0 Å². The number of hydrogen-bond acceptors (Lipinski definition) is 5. The smallest absolute Gasteiger partial charge is 0.231 e. The van der Waals surface area contributed by atoms with E-state index < -0.39 is 0 Å². The summed E-state index contributed by atoms with van der Waals surface area (Å²) in [5, 5.41) is 6.14. The van der Waals surface area contributed by atoms with Crippen LogP contribution in [0.4, 0.5) is 0 Å². The average molecular weight is 353 g/mol. The minimum Gasteiger partial charge on any atom is -0.342 e. The van der Waals surface area contributed by atoms with Crippen molar-refractivity contribution in [2.24, 2.45) is 0 Å². The van der Waals surface area contributed by atoms with Crippen molar-refractivity contribution in [3.63, 3.8) is 0 Å². The summed E-state index contributed by atoms with van der Waals surface area (Å²) in [6.07, 6.45) is 1.99. The third-order valence-corrected chi connectivity index (χ3v) is 5.36. The van der Waals surface area contributed by atoms with Crippen LogP contribution < -0.4 is 0 Å². The lowest BCUT2D eigenvalue weighted by molar-refractivity contribution is -0.127. The molecule has 0 N–H and O–H groups in total. The maximum atomic E-state index is 12.3. The molecule has 5 nitrogen and oxygen atoms in total. The monoisotopic (exact) mass is 353 g/mol. The van der Waals surface area contributed by atoms with Crippen LogP contribution in [0.5, 0.6) is 0 Å². The van der Waals surface area contributed by atoms with Gasteiger partial charge in [0.15, 0.2) is 5.82 Å². The van der Waals surface area contributed by atoms with E-state index in [4.69, 9.17) is 4.52 Å². The maximum Gasteiger partial charge on any atom is 0.231 e. The topological polar surface area (TPSA) is 59.2 Å². The Hall–Kier alpha value is -2.47. The van der Waals surface area contributed by atoms with Gasteiger partial charge in [0.2, 0.25) is 11.8 Å². The van der Waals surface area contributed by atoms with Crippen molar-refractivity contribution in [1.82, 2.24) is 15.0 Å². The van der Waals surface area contributed by atoms with E-state index in [0.717, 1.165) is 13.0 Å². The highest BCUT2D eigenvalue weighted by Crippen LogP contribution is 2.27. The number of hydrogen-bond donors (Lipinski definition) is 0. The van der Waals surface area contributed by atoms with Crippen LogP contribution in [-0.4, -0.2) is 34.0 Å². The van der Waals surface area contributed by atoms with E-state index in [1.165, 1.54) is 10.4 Å². The molecule has 0 spiro atoms. The predicted octanol–water partition coefficient (Wildman–Crippen LogP) is 3.28. The van der Waals surface area contributed by atoms with Gasteiger partial charge in [-0.3, -0.25) is 4.79 Å². The number of benzene rings is 1. The zero-order chi connectivity index (χ0) is 17.1. The van der Waals surface area contributed by atoms with E-state index in [-0.39, 0.29) is 11.8 Å². The fourth-order valence-electron chi connectivity index (χ4n) is 3.14. The standard InChI is InChI=1S/C19H19N3O2S/c23-18-11-15(13-22(18)9-8-14-5-2-1-3-6-14)19-20-17(24-21-19)12-16-7-4-10-25-16/h1-7,10,15H,8-9,11-13H2. The van der Waals surface area contributed by atoms with Gasteiger partial charge < -0.3 is 9.42 Å². The van der Waals surface area contributed by atoms with Gasteiger partial charge in [0.25, 0.3) is 0 Å². The largest absolute Gasteiger partial charge is 0.342 e. The van der Waals surface area contributed by atoms with Crippen molar-refractivity contribution in [1.29, 1.82) is 0 Å². The Morgan fingerprint density at radius 3 is 2.88 bits per heavy atom. The Bertz CT molecular complexity index is 829. The van der Waals surface area contributed by atoms with Gasteiger partial charge in [0.05, 0.1) is 6.42 Å². The third-order valence-electron chi connectivity index (χ3n) is 4.48. The van der Waals surface area contributed by atoms with E-state index in [1.807, 2.05) is 34.5 Å². The molecule has 1 fully saturated rings. The van der Waals surface area contributed by atoms with Gasteiger partial charge in [-0.15, -0.1) is 11.3 Å². The molecular weight excluding hydrogens is 334 g/mol. The molecule has 25 heavy (non-hydrogen) atoms. The summed E-state index contributed by atoms with van der Waals surface area (Å²) >= 11 is 1.67. The van der Waals surface area contributed by atoms with Crippen LogP contribution in [0, 0.1) is 0 Å². The number of likely N-dealkylation sites (tertiary alicyclic amines) is 1. The molecule has 3 aromatic rings. The molecule has 1 aliphatic heterocycles. The first-order chi connectivity index (χ1) is 12.3. The van der Waals surface area contributed by atoms with Gasteiger partial charge >= 0.3 is 0 Å². The van der Waals surface area contributed by atoms with Crippen LogP contribution in [0.1, 0.15) is 34.5 Å². The van der Waals surface area contributed by atoms with E-state index in [2.05, 4.69) is 28.3 Å². The highest BCUT2D eigenvalue weighted by atomic mass is 32.1. The Morgan fingerprint density at radius 1 is 1.20 bits per heavy atom. The molecule has 1 aliphatic rings. The van der Waals surface area contributed by atoms with E-state index >= 15 is 0 Å². The summed E-state index contributed by atoms with van der Waals surface area (Å²) in [4.78, 5) is 19.9. The van der Waals surface area contributed by atoms with Crippen molar-refractivity contribution < 1.29 is 9.32 Å². The van der Waals surface area contributed by atoms with Gasteiger partial charge in [0.1, 0.15) is 0 Å². The molecule has 128 valence electrons. The fraction of sp³-hybridized carbons (Fsp3) is 0.316. The first kappa shape index (κ1) is 16.0. The molecule has 2 aromatic heterocycles. The molecule has 0 saturated carbocycles. The van der Waals surface area contributed by atoms with Gasteiger partial charge in [-0.05, 0) is 23.4 Å². The maximum absolute atomic E-state index is 12.3. The molecule has 1 amide bonds. The second-order valence-electron chi connectivity index (χ2n) is 6.28. The number of carbonyl (C=O) groups is 1. The molecule has 3 heterocycles. The first-order valence-electron chi connectivity index (χ1n) is 8.44. The van der Waals surface area contributed by atoms with Gasteiger partial charge in [0, 0.05) is 30.3 Å². The molecule has 1 atom stereocenters. The number of amides is 1. The van der Waals surface area contributed by atoms with Crippen LogP contribution in [0.3, 0.4) is 0 Å². The molecule has 0 aliphatic carbocycles. The zero-order valence-electron chi connectivity index (χ0n) is 13.8. The fourth-order valence-corrected chi connectivity index (χ4v) is 3.83. The SMILES string of the molecule is O=C1CC(c2noc(Cc3cccs3)n2)CN1CCc1ccccc1. The summed E-state index contributed by atoms with van der Waals surface area (Å²) < 4.78 is 5.37. The third kappa shape index (κ3) is 3.79. The Labute approximate surface area is 150 Å².